The molecular weight excluding hydrogens is 282 g/mol. The molecule has 0 saturated heterocycles. The number of hydrogen-bond donors (Lipinski definition) is 1. The highest BCUT2D eigenvalue weighted by molar-refractivity contribution is 9.15. The first-order chi connectivity index (χ1) is 5.77. The van der Waals surface area contributed by atoms with Crippen LogP contribution in [0.3, 0.4) is 0 Å². The third kappa shape index (κ3) is 1.43. The number of hydrogen-bond acceptors (Lipinski definition) is 1. The number of nitrogens with one attached hydrogen (secondary N) is 1. The molecule has 0 spiro atoms. The van der Waals surface area contributed by atoms with Gasteiger partial charge in [-0.2, -0.15) is 0 Å². The molecule has 12 heavy (non-hydrogen) atoms. The van der Waals surface area contributed by atoms with Gasteiger partial charge in [-0.3, -0.25) is 0 Å². The first-order valence-corrected chi connectivity index (χ1v) is 5.24. The molecule has 0 atom stereocenters. The van der Waals surface area contributed by atoms with E-state index in [9.17, 15) is 0 Å². The van der Waals surface area contributed by atoms with Crippen molar-refractivity contribution in [3.05, 3.63) is 40.0 Å². The Labute approximate surface area is 88.1 Å². The lowest BCUT2D eigenvalue weighted by molar-refractivity contribution is 0.857. The van der Waals surface area contributed by atoms with Gasteiger partial charge < -0.3 is 5.32 Å². The second-order valence-electron chi connectivity index (χ2n) is 2.67. The Balaban J connectivity index is 2.58. The van der Waals surface area contributed by atoms with Crippen molar-refractivity contribution in [1.29, 1.82) is 0 Å². The Bertz CT molecular complexity index is 344. The van der Waals surface area contributed by atoms with Gasteiger partial charge in [0.05, 0.1) is 0 Å². The molecule has 3 heteroatoms. The van der Waals surface area contributed by atoms with Gasteiger partial charge in [-0.15, -0.1) is 0 Å². The minimum Gasteiger partial charge on any atom is -0.386 e. The normalized spacial score (nSPS) is 14.7. The average molecular weight is 289 g/mol. The third-order valence-corrected chi connectivity index (χ3v) is 3.00. The number of fused-ring (bicyclic) bond motifs is 1. The SMILES string of the molecule is BrC1=CNCc2ccc(Br)cc21. The van der Waals surface area contributed by atoms with Crippen LogP contribution in [0.15, 0.2) is 28.9 Å². The molecule has 0 radical (unpaired) electrons. The van der Waals surface area contributed by atoms with Crippen molar-refractivity contribution in [3.8, 4) is 0 Å². The Morgan fingerprint density at radius 1 is 1.25 bits per heavy atom. The zero-order valence-corrected chi connectivity index (χ0v) is 9.44. The summed E-state index contributed by atoms with van der Waals surface area (Å²) in [5.74, 6) is 0. The van der Waals surface area contributed by atoms with Crippen LogP contribution in [0.5, 0.6) is 0 Å². The molecule has 1 heterocycles. The summed E-state index contributed by atoms with van der Waals surface area (Å²) in [7, 11) is 0. The maximum Gasteiger partial charge on any atom is 0.0408 e. The molecular formula is C9H7Br2N. The van der Waals surface area contributed by atoms with E-state index in [1.165, 1.54) is 11.1 Å². The predicted molar refractivity (Wildman–Crippen MR) is 57.9 cm³/mol. The summed E-state index contributed by atoms with van der Waals surface area (Å²) in [6.45, 7) is 0.914. The van der Waals surface area contributed by atoms with Gasteiger partial charge in [0.25, 0.3) is 0 Å². The molecule has 0 aromatic heterocycles. The van der Waals surface area contributed by atoms with Crippen LogP contribution >= 0.6 is 31.9 Å². The molecule has 1 aliphatic rings. The van der Waals surface area contributed by atoms with Crippen molar-refractivity contribution in [2.75, 3.05) is 0 Å². The number of benzene rings is 1. The lowest BCUT2D eigenvalue weighted by Gasteiger charge is -2.15. The standard InChI is InChI=1S/C9H7Br2N/c10-7-2-1-6-4-12-5-9(11)8(6)3-7/h1-3,5,12H,4H2. The summed E-state index contributed by atoms with van der Waals surface area (Å²) in [6.07, 6.45) is 1.98. The highest BCUT2D eigenvalue weighted by Crippen LogP contribution is 2.29. The number of halogens is 2. The largest absolute Gasteiger partial charge is 0.386 e. The third-order valence-electron chi connectivity index (χ3n) is 1.85. The van der Waals surface area contributed by atoms with E-state index in [-0.39, 0.29) is 0 Å². The molecule has 0 bridgehead atoms. The van der Waals surface area contributed by atoms with Gasteiger partial charge in [0.15, 0.2) is 0 Å². The zero-order chi connectivity index (χ0) is 8.55. The first kappa shape index (κ1) is 8.32. The fourth-order valence-electron chi connectivity index (χ4n) is 1.25. The number of rotatable bonds is 0. The van der Waals surface area contributed by atoms with Gasteiger partial charge in [-0.05, 0) is 39.2 Å². The van der Waals surface area contributed by atoms with Crippen molar-refractivity contribution in [2.45, 2.75) is 6.54 Å². The van der Waals surface area contributed by atoms with Crippen LogP contribution in [0.25, 0.3) is 4.48 Å². The summed E-state index contributed by atoms with van der Waals surface area (Å²) in [6, 6.07) is 6.31. The molecule has 0 saturated carbocycles. The smallest absolute Gasteiger partial charge is 0.0408 e. The quantitative estimate of drug-likeness (QED) is 0.773. The molecule has 1 nitrogen and oxygen atoms in total. The van der Waals surface area contributed by atoms with Crippen molar-refractivity contribution in [1.82, 2.24) is 5.32 Å². The Hall–Kier alpha value is -0.280. The minimum atomic E-state index is 0.914. The monoisotopic (exact) mass is 287 g/mol. The maximum absolute atomic E-state index is 3.50. The molecule has 0 unspecified atom stereocenters. The molecule has 2 rings (SSSR count). The Morgan fingerprint density at radius 3 is 2.92 bits per heavy atom. The van der Waals surface area contributed by atoms with Crippen LogP contribution in [0, 0.1) is 0 Å². The summed E-state index contributed by atoms with van der Waals surface area (Å²) in [5, 5.41) is 3.19. The van der Waals surface area contributed by atoms with Crippen LogP contribution in [0.2, 0.25) is 0 Å². The second-order valence-corrected chi connectivity index (χ2v) is 4.44. The molecule has 62 valence electrons. The van der Waals surface area contributed by atoms with E-state index in [1.54, 1.807) is 0 Å². The topological polar surface area (TPSA) is 12.0 Å². The van der Waals surface area contributed by atoms with Crippen molar-refractivity contribution in [2.24, 2.45) is 0 Å². The molecule has 0 fully saturated rings. The highest BCUT2D eigenvalue weighted by Gasteiger charge is 2.09. The summed E-state index contributed by atoms with van der Waals surface area (Å²) >= 11 is 6.95. The molecule has 0 aliphatic carbocycles. The van der Waals surface area contributed by atoms with E-state index in [1.807, 2.05) is 6.20 Å². The van der Waals surface area contributed by atoms with E-state index in [0.29, 0.717) is 0 Å². The van der Waals surface area contributed by atoms with Gasteiger partial charge in [-0.25, -0.2) is 0 Å². The second kappa shape index (κ2) is 3.23. The zero-order valence-electron chi connectivity index (χ0n) is 6.27. The van der Waals surface area contributed by atoms with E-state index in [2.05, 4.69) is 55.4 Å². The first-order valence-electron chi connectivity index (χ1n) is 3.65. The van der Waals surface area contributed by atoms with Gasteiger partial charge >= 0.3 is 0 Å². The van der Waals surface area contributed by atoms with Crippen LogP contribution in [-0.2, 0) is 6.54 Å². The van der Waals surface area contributed by atoms with Gasteiger partial charge in [0.1, 0.15) is 0 Å². The van der Waals surface area contributed by atoms with Gasteiger partial charge in [0, 0.05) is 21.7 Å². The van der Waals surface area contributed by atoms with Gasteiger partial charge in [0.2, 0.25) is 0 Å². The predicted octanol–water partition coefficient (Wildman–Crippen LogP) is 3.25. The lowest BCUT2D eigenvalue weighted by Crippen LogP contribution is -2.11. The fourth-order valence-corrected chi connectivity index (χ4v) is 2.15. The maximum atomic E-state index is 3.50. The molecule has 1 N–H and O–H groups in total. The van der Waals surface area contributed by atoms with Crippen LogP contribution in [0.1, 0.15) is 11.1 Å². The summed E-state index contributed by atoms with van der Waals surface area (Å²) in [5.41, 5.74) is 2.59. The van der Waals surface area contributed by atoms with E-state index in [0.717, 1.165) is 15.5 Å². The molecule has 1 aromatic carbocycles. The molecule has 1 aliphatic heterocycles. The van der Waals surface area contributed by atoms with Crippen LogP contribution in [0.4, 0.5) is 0 Å². The summed E-state index contributed by atoms with van der Waals surface area (Å²) < 4.78 is 2.23. The lowest BCUT2D eigenvalue weighted by atomic mass is 10.1. The summed E-state index contributed by atoms with van der Waals surface area (Å²) in [4.78, 5) is 0. The van der Waals surface area contributed by atoms with Crippen molar-refractivity contribution in [3.63, 3.8) is 0 Å². The Morgan fingerprint density at radius 2 is 2.08 bits per heavy atom. The molecule has 1 aromatic rings. The molecule has 0 amide bonds. The van der Waals surface area contributed by atoms with Crippen molar-refractivity contribution >= 4 is 36.3 Å². The minimum absolute atomic E-state index is 0.914. The van der Waals surface area contributed by atoms with Gasteiger partial charge in [-0.1, -0.05) is 22.0 Å². The van der Waals surface area contributed by atoms with E-state index in [4.69, 9.17) is 0 Å². The average Bonchev–Trinajstić information content (AvgIpc) is 2.07. The highest BCUT2D eigenvalue weighted by atomic mass is 79.9. The van der Waals surface area contributed by atoms with Crippen LogP contribution < -0.4 is 5.32 Å². The Kier molecular flexibility index (Phi) is 2.24. The van der Waals surface area contributed by atoms with Crippen molar-refractivity contribution < 1.29 is 0 Å². The fraction of sp³-hybridized carbons (Fsp3) is 0.111. The van der Waals surface area contributed by atoms with Crippen LogP contribution in [-0.4, -0.2) is 0 Å². The van der Waals surface area contributed by atoms with E-state index >= 15 is 0 Å². The van der Waals surface area contributed by atoms with E-state index < -0.39 is 0 Å².